The van der Waals surface area contributed by atoms with Gasteiger partial charge in [-0.1, -0.05) is 0 Å². The van der Waals surface area contributed by atoms with Gasteiger partial charge in [0.1, 0.15) is 0 Å². The first-order valence-electron chi connectivity index (χ1n) is 6.73. The zero-order valence-electron chi connectivity index (χ0n) is 13.1. The van der Waals surface area contributed by atoms with Crippen LogP contribution in [-0.4, -0.2) is 12.6 Å². The van der Waals surface area contributed by atoms with E-state index in [-0.39, 0.29) is 5.97 Å². The fraction of sp³-hybridized carbons (Fsp3) is 0.471. The summed E-state index contributed by atoms with van der Waals surface area (Å²) in [6.45, 7) is 14.9. The van der Waals surface area contributed by atoms with Crippen LogP contribution >= 0.6 is 0 Å². The Morgan fingerprint density at radius 3 is 1.79 bits per heavy atom. The molecular weight excluding hydrogens is 236 g/mol. The molecule has 0 bridgehead atoms. The van der Waals surface area contributed by atoms with Crippen molar-refractivity contribution in [2.75, 3.05) is 6.61 Å². The van der Waals surface area contributed by atoms with Crippen LogP contribution in [0, 0.1) is 34.6 Å². The largest absolute Gasteiger partial charge is 0.463 e. The van der Waals surface area contributed by atoms with Gasteiger partial charge >= 0.3 is 5.97 Å². The Hall–Kier alpha value is -1.57. The zero-order valence-corrected chi connectivity index (χ0v) is 13.1. The Bertz CT molecular complexity index is 508. The number of esters is 1. The van der Waals surface area contributed by atoms with Crippen molar-refractivity contribution < 1.29 is 9.53 Å². The average Bonchev–Trinajstić information content (AvgIpc) is 2.34. The van der Waals surface area contributed by atoms with Crippen molar-refractivity contribution in [3.63, 3.8) is 0 Å². The fourth-order valence-corrected chi connectivity index (χ4v) is 2.52. The molecule has 1 aromatic carbocycles. The number of ether oxygens (including phenoxy) is 1. The Morgan fingerprint density at radius 1 is 0.947 bits per heavy atom. The monoisotopic (exact) mass is 260 g/mol. The molecule has 0 amide bonds. The van der Waals surface area contributed by atoms with Crippen LogP contribution < -0.4 is 0 Å². The maximum absolute atomic E-state index is 11.6. The van der Waals surface area contributed by atoms with Gasteiger partial charge in [0.2, 0.25) is 0 Å². The molecule has 0 aromatic heterocycles. The minimum absolute atomic E-state index is 0.269. The van der Waals surface area contributed by atoms with Gasteiger partial charge in [0.25, 0.3) is 0 Å². The highest BCUT2D eigenvalue weighted by molar-refractivity contribution is 5.92. The molecule has 0 aliphatic heterocycles. The maximum atomic E-state index is 11.6. The lowest BCUT2D eigenvalue weighted by atomic mass is 9.86. The first kappa shape index (κ1) is 15.5. The van der Waals surface area contributed by atoms with E-state index in [1.807, 2.05) is 13.8 Å². The molecule has 0 atom stereocenters. The van der Waals surface area contributed by atoms with Crippen LogP contribution in [0.15, 0.2) is 6.08 Å². The molecule has 0 fully saturated rings. The molecule has 1 aromatic rings. The van der Waals surface area contributed by atoms with Gasteiger partial charge in [0.15, 0.2) is 0 Å². The Labute approximate surface area is 116 Å². The third-order valence-corrected chi connectivity index (χ3v) is 4.02. The molecule has 19 heavy (non-hydrogen) atoms. The maximum Gasteiger partial charge on any atom is 0.331 e. The number of rotatable bonds is 3. The highest BCUT2D eigenvalue weighted by atomic mass is 16.5. The third-order valence-electron chi connectivity index (χ3n) is 4.02. The van der Waals surface area contributed by atoms with E-state index in [1.165, 1.54) is 33.4 Å². The molecule has 0 spiro atoms. The van der Waals surface area contributed by atoms with Gasteiger partial charge in [-0.2, -0.15) is 0 Å². The molecule has 104 valence electrons. The molecule has 0 saturated heterocycles. The van der Waals surface area contributed by atoms with E-state index in [0.29, 0.717) is 6.61 Å². The van der Waals surface area contributed by atoms with Gasteiger partial charge < -0.3 is 4.74 Å². The first-order chi connectivity index (χ1) is 8.81. The van der Waals surface area contributed by atoms with Crippen LogP contribution in [-0.2, 0) is 9.53 Å². The average molecular weight is 260 g/mol. The second-order valence-electron chi connectivity index (χ2n) is 5.08. The van der Waals surface area contributed by atoms with E-state index in [1.54, 1.807) is 6.08 Å². The summed E-state index contributed by atoms with van der Waals surface area (Å²) in [6, 6.07) is 0. The summed E-state index contributed by atoms with van der Waals surface area (Å²) in [7, 11) is 0. The number of hydrogen-bond acceptors (Lipinski definition) is 2. The van der Waals surface area contributed by atoms with Crippen molar-refractivity contribution in [3.05, 3.63) is 39.5 Å². The molecule has 2 nitrogen and oxygen atoms in total. The normalized spacial score (nSPS) is 11.6. The summed E-state index contributed by atoms with van der Waals surface area (Å²) in [5.74, 6) is -0.269. The van der Waals surface area contributed by atoms with Crippen LogP contribution in [0.1, 0.15) is 47.2 Å². The van der Waals surface area contributed by atoms with Gasteiger partial charge in [0.05, 0.1) is 6.61 Å². The van der Waals surface area contributed by atoms with E-state index in [9.17, 15) is 4.79 Å². The Kier molecular flexibility index (Phi) is 4.93. The lowest BCUT2D eigenvalue weighted by Crippen LogP contribution is -2.04. The molecule has 0 aliphatic rings. The van der Waals surface area contributed by atoms with E-state index in [4.69, 9.17) is 4.74 Å². The summed E-state index contributed by atoms with van der Waals surface area (Å²) >= 11 is 0. The van der Waals surface area contributed by atoms with Gasteiger partial charge in [-0.3, -0.25) is 0 Å². The van der Waals surface area contributed by atoms with Crippen LogP contribution in [0.5, 0.6) is 0 Å². The highest BCUT2D eigenvalue weighted by Gasteiger charge is 2.14. The van der Waals surface area contributed by atoms with E-state index >= 15 is 0 Å². The van der Waals surface area contributed by atoms with Gasteiger partial charge in [0, 0.05) is 6.08 Å². The minimum atomic E-state index is -0.269. The summed E-state index contributed by atoms with van der Waals surface area (Å²) in [4.78, 5) is 11.6. The number of benzene rings is 1. The number of carbonyl (C=O) groups excluding carboxylic acids is 1. The minimum Gasteiger partial charge on any atom is -0.463 e. The van der Waals surface area contributed by atoms with E-state index in [0.717, 1.165) is 5.57 Å². The van der Waals surface area contributed by atoms with Crippen molar-refractivity contribution in [2.45, 2.75) is 48.5 Å². The third kappa shape index (κ3) is 3.06. The summed E-state index contributed by atoms with van der Waals surface area (Å²) in [5.41, 5.74) is 8.58. The zero-order chi connectivity index (χ0) is 14.7. The van der Waals surface area contributed by atoms with Crippen molar-refractivity contribution in [1.29, 1.82) is 0 Å². The topological polar surface area (TPSA) is 26.3 Å². The summed E-state index contributed by atoms with van der Waals surface area (Å²) in [6.07, 6.45) is 1.59. The Balaban J connectivity index is 3.39. The molecule has 0 N–H and O–H groups in total. The predicted molar refractivity (Wildman–Crippen MR) is 80.4 cm³/mol. The van der Waals surface area contributed by atoms with E-state index < -0.39 is 0 Å². The summed E-state index contributed by atoms with van der Waals surface area (Å²) in [5, 5.41) is 0. The second-order valence-corrected chi connectivity index (χ2v) is 5.08. The fourth-order valence-electron chi connectivity index (χ4n) is 2.52. The number of allylic oxidation sites excluding steroid dienone is 1. The van der Waals surface area contributed by atoms with Gasteiger partial charge in [-0.25, -0.2) is 4.79 Å². The molecule has 0 radical (unpaired) electrons. The predicted octanol–water partition coefficient (Wildman–Crippen LogP) is 4.20. The van der Waals surface area contributed by atoms with Crippen LogP contribution in [0.3, 0.4) is 0 Å². The second kappa shape index (κ2) is 6.05. The van der Waals surface area contributed by atoms with Crippen LogP contribution in [0.25, 0.3) is 5.57 Å². The van der Waals surface area contributed by atoms with E-state index in [2.05, 4.69) is 34.6 Å². The molecular formula is C17H24O2. The Morgan fingerprint density at radius 2 is 1.37 bits per heavy atom. The smallest absolute Gasteiger partial charge is 0.331 e. The van der Waals surface area contributed by atoms with Gasteiger partial charge in [-0.15, -0.1) is 0 Å². The highest BCUT2D eigenvalue weighted by Crippen LogP contribution is 2.30. The van der Waals surface area contributed by atoms with Crippen molar-refractivity contribution in [2.24, 2.45) is 0 Å². The molecule has 2 heteroatoms. The van der Waals surface area contributed by atoms with Crippen LogP contribution in [0.4, 0.5) is 0 Å². The molecule has 0 unspecified atom stereocenters. The molecule has 0 aliphatic carbocycles. The number of carbonyl (C=O) groups is 1. The number of hydrogen-bond donors (Lipinski definition) is 0. The summed E-state index contributed by atoms with van der Waals surface area (Å²) < 4.78 is 4.98. The lowest BCUT2D eigenvalue weighted by Gasteiger charge is -2.19. The lowest BCUT2D eigenvalue weighted by molar-refractivity contribution is -0.137. The quantitative estimate of drug-likeness (QED) is 0.601. The van der Waals surface area contributed by atoms with Crippen molar-refractivity contribution >= 4 is 11.5 Å². The SMILES string of the molecule is CCOC(=O)/C=C(/C)c1c(C)c(C)c(C)c(C)c1C. The van der Waals surface area contributed by atoms with Crippen LogP contribution in [0.2, 0.25) is 0 Å². The molecule has 0 saturated carbocycles. The first-order valence-corrected chi connectivity index (χ1v) is 6.73. The van der Waals surface area contributed by atoms with Crippen molar-refractivity contribution in [1.82, 2.24) is 0 Å². The molecule has 1 rings (SSSR count). The standard InChI is InChI=1S/C17H24O2/c1-8-19-16(18)9-10(2)17-14(6)12(4)11(3)13(5)15(17)7/h9H,8H2,1-7H3/b10-9-. The van der Waals surface area contributed by atoms with Gasteiger partial charge in [-0.05, 0) is 87.4 Å². The molecule has 0 heterocycles. The van der Waals surface area contributed by atoms with Crippen molar-refractivity contribution in [3.8, 4) is 0 Å².